The molecule has 2 heteroatoms. The molecule has 0 saturated carbocycles. The molecule has 0 aromatic heterocycles. The maximum absolute atomic E-state index is 5.76. The van der Waals surface area contributed by atoms with Crippen molar-refractivity contribution in [2.24, 2.45) is 5.92 Å². The van der Waals surface area contributed by atoms with Gasteiger partial charge in [-0.3, -0.25) is 0 Å². The van der Waals surface area contributed by atoms with E-state index in [2.05, 4.69) is 63.3 Å². The maximum Gasteiger partial charge on any atom is 0.121 e. The third kappa shape index (κ3) is 5.14. The zero-order valence-corrected chi connectivity index (χ0v) is 13.4. The number of hydrogen-bond donors (Lipinski definition) is 1. The van der Waals surface area contributed by atoms with Crippen LogP contribution in [0, 0.1) is 19.8 Å². The normalized spacial score (nSPS) is 10.7. The fourth-order valence-electron chi connectivity index (χ4n) is 2.33. The molecule has 0 aliphatic carbocycles. The molecular formula is C19H25NO. The SMILES string of the molecule is Cc1cc(C)cc(CNc2cccc(OCC(C)C)c2)c1. The highest BCUT2D eigenvalue weighted by Crippen LogP contribution is 2.19. The van der Waals surface area contributed by atoms with Gasteiger partial charge >= 0.3 is 0 Å². The lowest BCUT2D eigenvalue weighted by molar-refractivity contribution is 0.271. The van der Waals surface area contributed by atoms with Gasteiger partial charge in [-0.25, -0.2) is 0 Å². The van der Waals surface area contributed by atoms with Gasteiger partial charge in [0, 0.05) is 18.3 Å². The van der Waals surface area contributed by atoms with Gasteiger partial charge in [-0.1, -0.05) is 49.2 Å². The van der Waals surface area contributed by atoms with E-state index in [1.165, 1.54) is 16.7 Å². The van der Waals surface area contributed by atoms with E-state index in [9.17, 15) is 0 Å². The number of benzene rings is 2. The highest BCUT2D eigenvalue weighted by molar-refractivity contribution is 5.48. The lowest BCUT2D eigenvalue weighted by Crippen LogP contribution is -2.05. The summed E-state index contributed by atoms with van der Waals surface area (Å²) in [6.45, 7) is 10.2. The van der Waals surface area contributed by atoms with Crippen LogP contribution in [-0.2, 0) is 6.54 Å². The average molecular weight is 283 g/mol. The Morgan fingerprint density at radius 2 is 1.71 bits per heavy atom. The Labute approximate surface area is 128 Å². The summed E-state index contributed by atoms with van der Waals surface area (Å²) in [5.74, 6) is 1.46. The predicted octanol–water partition coefficient (Wildman–Crippen LogP) is 4.95. The van der Waals surface area contributed by atoms with Crippen molar-refractivity contribution < 1.29 is 4.74 Å². The number of ether oxygens (including phenoxy) is 1. The van der Waals surface area contributed by atoms with Crippen LogP contribution in [0.1, 0.15) is 30.5 Å². The Kier molecular flexibility index (Phi) is 5.26. The molecule has 0 saturated heterocycles. The molecule has 0 atom stereocenters. The first-order valence-electron chi connectivity index (χ1n) is 7.57. The summed E-state index contributed by atoms with van der Waals surface area (Å²) in [6.07, 6.45) is 0. The second kappa shape index (κ2) is 7.16. The summed E-state index contributed by atoms with van der Waals surface area (Å²) in [6, 6.07) is 14.8. The topological polar surface area (TPSA) is 21.3 Å². The summed E-state index contributed by atoms with van der Waals surface area (Å²) in [5, 5.41) is 3.46. The molecule has 2 aromatic carbocycles. The third-order valence-corrected chi connectivity index (χ3v) is 3.20. The monoisotopic (exact) mass is 283 g/mol. The highest BCUT2D eigenvalue weighted by Gasteiger charge is 2.00. The van der Waals surface area contributed by atoms with E-state index in [0.717, 1.165) is 24.6 Å². The average Bonchev–Trinajstić information content (AvgIpc) is 2.42. The molecule has 2 nitrogen and oxygen atoms in total. The van der Waals surface area contributed by atoms with E-state index in [1.54, 1.807) is 0 Å². The van der Waals surface area contributed by atoms with E-state index in [4.69, 9.17) is 4.74 Å². The van der Waals surface area contributed by atoms with Crippen molar-refractivity contribution in [2.45, 2.75) is 34.2 Å². The van der Waals surface area contributed by atoms with Gasteiger partial charge in [-0.15, -0.1) is 0 Å². The van der Waals surface area contributed by atoms with E-state index >= 15 is 0 Å². The van der Waals surface area contributed by atoms with Crippen molar-refractivity contribution >= 4 is 5.69 Å². The Bertz CT molecular complexity index is 570. The van der Waals surface area contributed by atoms with Gasteiger partial charge in [-0.2, -0.15) is 0 Å². The van der Waals surface area contributed by atoms with Crippen molar-refractivity contribution in [3.05, 3.63) is 59.2 Å². The van der Waals surface area contributed by atoms with Gasteiger partial charge in [0.15, 0.2) is 0 Å². The first kappa shape index (κ1) is 15.4. The van der Waals surface area contributed by atoms with E-state index in [0.29, 0.717) is 5.92 Å². The molecule has 2 rings (SSSR count). The largest absolute Gasteiger partial charge is 0.493 e. The van der Waals surface area contributed by atoms with Crippen LogP contribution >= 0.6 is 0 Å². The second-order valence-electron chi connectivity index (χ2n) is 6.08. The van der Waals surface area contributed by atoms with Crippen LogP contribution in [0.2, 0.25) is 0 Å². The first-order valence-corrected chi connectivity index (χ1v) is 7.57. The lowest BCUT2D eigenvalue weighted by Gasteiger charge is -2.12. The molecule has 0 amide bonds. The van der Waals surface area contributed by atoms with Gasteiger partial charge < -0.3 is 10.1 Å². The summed E-state index contributed by atoms with van der Waals surface area (Å²) in [4.78, 5) is 0. The number of aryl methyl sites for hydroxylation is 2. The van der Waals surface area contributed by atoms with Crippen molar-refractivity contribution in [2.75, 3.05) is 11.9 Å². The van der Waals surface area contributed by atoms with Gasteiger partial charge in [-0.05, 0) is 37.5 Å². The van der Waals surface area contributed by atoms with Crippen LogP contribution in [0.5, 0.6) is 5.75 Å². The van der Waals surface area contributed by atoms with Crippen molar-refractivity contribution in [3.8, 4) is 5.75 Å². The van der Waals surface area contributed by atoms with Crippen LogP contribution in [0.15, 0.2) is 42.5 Å². The van der Waals surface area contributed by atoms with Crippen molar-refractivity contribution in [3.63, 3.8) is 0 Å². The molecule has 0 heterocycles. The highest BCUT2D eigenvalue weighted by atomic mass is 16.5. The van der Waals surface area contributed by atoms with Crippen LogP contribution in [0.25, 0.3) is 0 Å². The second-order valence-corrected chi connectivity index (χ2v) is 6.08. The van der Waals surface area contributed by atoms with Crippen LogP contribution in [-0.4, -0.2) is 6.61 Å². The van der Waals surface area contributed by atoms with E-state index < -0.39 is 0 Å². The number of hydrogen-bond acceptors (Lipinski definition) is 2. The minimum Gasteiger partial charge on any atom is -0.493 e. The fraction of sp³-hybridized carbons (Fsp3) is 0.368. The Hall–Kier alpha value is -1.96. The zero-order chi connectivity index (χ0) is 15.2. The lowest BCUT2D eigenvalue weighted by atomic mass is 10.1. The standard InChI is InChI=1S/C19H25NO/c1-14(2)13-21-19-7-5-6-18(11-19)20-12-17-9-15(3)8-16(4)10-17/h5-11,14,20H,12-13H2,1-4H3. The molecule has 0 radical (unpaired) electrons. The number of anilines is 1. The smallest absolute Gasteiger partial charge is 0.121 e. The molecule has 112 valence electrons. The zero-order valence-electron chi connectivity index (χ0n) is 13.4. The molecule has 21 heavy (non-hydrogen) atoms. The number of rotatable bonds is 6. The van der Waals surface area contributed by atoms with Gasteiger partial charge in [0.25, 0.3) is 0 Å². The fourth-order valence-corrected chi connectivity index (χ4v) is 2.33. The third-order valence-electron chi connectivity index (χ3n) is 3.20. The summed E-state index contributed by atoms with van der Waals surface area (Å²) < 4.78 is 5.76. The molecule has 0 aliphatic heterocycles. The predicted molar refractivity (Wildman–Crippen MR) is 90.0 cm³/mol. The minimum absolute atomic E-state index is 0.539. The first-order chi connectivity index (χ1) is 10.0. The summed E-state index contributed by atoms with van der Waals surface area (Å²) in [7, 11) is 0. The molecular weight excluding hydrogens is 258 g/mol. The van der Waals surface area contributed by atoms with Crippen LogP contribution in [0.3, 0.4) is 0 Å². The van der Waals surface area contributed by atoms with Crippen LogP contribution < -0.4 is 10.1 Å². The maximum atomic E-state index is 5.76. The van der Waals surface area contributed by atoms with E-state index in [1.807, 2.05) is 12.1 Å². The molecule has 2 aromatic rings. The molecule has 0 aliphatic rings. The van der Waals surface area contributed by atoms with Crippen molar-refractivity contribution in [1.82, 2.24) is 0 Å². The van der Waals surface area contributed by atoms with Crippen LogP contribution in [0.4, 0.5) is 5.69 Å². The Morgan fingerprint density at radius 3 is 2.38 bits per heavy atom. The minimum atomic E-state index is 0.539. The number of nitrogens with one attached hydrogen (secondary N) is 1. The summed E-state index contributed by atoms with van der Waals surface area (Å²) >= 11 is 0. The Morgan fingerprint density at radius 1 is 1.00 bits per heavy atom. The molecule has 0 fully saturated rings. The summed E-state index contributed by atoms with van der Waals surface area (Å²) in [5.41, 5.74) is 5.01. The van der Waals surface area contributed by atoms with E-state index in [-0.39, 0.29) is 0 Å². The van der Waals surface area contributed by atoms with Gasteiger partial charge in [0.1, 0.15) is 5.75 Å². The Balaban J connectivity index is 1.98. The molecule has 0 bridgehead atoms. The van der Waals surface area contributed by atoms with Gasteiger partial charge in [0.05, 0.1) is 6.61 Å². The molecule has 0 unspecified atom stereocenters. The van der Waals surface area contributed by atoms with Crippen molar-refractivity contribution in [1.29, 1.82) is 0 Å². The molecule has 0 spiro atoms. The van der Waals surface area contributed by atoms with Gasteiger partial charge in [0.2, 0.25) is 0 Å². The molecule has 1 N–H and O–H groups in total. The quantitative estimate of drug-likeness (QED) is 0.810.